The maximum absolute atomic E-state index is 12.1. The van der Waals surface area contributed by atoms with Gasteiger partial charge in [0.15, 0.2) is 0 Å². The van der Waals surface area contributed by atoms with E-state index in [9.17, 15) is 8.42 Å². The van der Waals surface area contributed by atoms with Crippen molar-refractivity contribution < 1.29 is 13.2 Å². The molecule has 2 rings (SSSR count). The van der Waals surface area contributed by atoms with Gasteiger partial charge in [0.1, 0.15) is 0 Å². The van der Waals surface area contributed by atoms with Crippen molar-refractivity contribution in [3.05, 3.63) is 0 Å². The predicted molar refractivity (Wildman–Crippen MR) is 78.8 cm³/mol. The summed E-state index contributed by atoms with van der Waals surface area (Å²) in [5, 5.41) is 0. The summed E-state index contributed by atoms with van der Waals surface area (Å²) in [5.41, 5.74) is 0.274. The zero-order chi connectivity index (χ0) is 15.0. The summed E-state index contributed by atoms with van der Waals surface area (Å²) < 4.78 is 32.5. The summed E-state index contributed by atoms with van der Waals surface area (Å²) in [6.07, 6.45) is 3.02. The van der Waals surface area contributed by atoms with Gasteiger partial charge in [-0.2, -0.15) is 17.0 Å². The second-order valence-electron chi connectivity index (χ2n) is 6.42. The van der Waals surface area contributed by atoms with Gasteiger partial charge in [-0.05, 0) is 31.7 Å². The Bertz CT molecular complexity index is 430. The Morgan fingerprint density at radius 2 is 1.90 bits per heavy atom. The van der Waals surface area contributed by atoms with E-state index in [1.807, 2.05) is 0 Å². The molecule has 0 N–H and O–H groups in total. The highest BCUT2D eigenvalue weighted by atomic mass is 32.2. The molecule has 20 heavy (non-hydrogen) atoms. The summed E-state index contributed by atoms with van der Waals surface area (Å²) in [6.45, 7) is 3.08. The second kappa shape index (κ2) is 5.88. The third-order valence-corrected chi connectivity index (χ3v) is 6.75. The summed E-state index contributed by atoms with van der Waals surface area (Å²) in [6, 6.07) is 0.469. The van der Waals surface area contributed by atoms with Gasteiger partial charge in [-0.15, -0.1) is 0 Å². The van der Waals surface area contributed by atoms with Crippen LogP contribution in [-0.2, 0) is 14.9 Å². The number of likely N-dealkylation sites (N-methyl/N-ethyl adjacent to an activating group) is 1. The number of nitrogens with zero attached hydrogens (tertiary/aromatic N) is 3. The molecule has 2 heterocycles. The third kappa shape index (κ3) is 3.01. The molecule has 2 saturated heterocycles. The largest absolute Gasteiger partial charge is 0.383 e. The number of piperidine rings is 1. The Morgan fingerprint density at radius 1 is 1.30 bits per heavy atom. The molecule has 0 aliphatic carbocycles. The summed E-state index contributed by atoms with van der Waals surface area (Å²) >= 11 is 0. The Labute approximate surface area is 122 Å². The molecule has 1 atom stereocenters. The number of rotatable bonds is 4. The van der Waals surface area contributed by atoms with Gasteiger partial charge in [-0.25, -0.2) is 0 Å². The quantitative estimate of drug-likeness (QED) is 0.746. The van der Waals surface area contributed by atoms with E-state index in [0.717, 1.165) is 32.4 Å². The van der Waals surface area contributed by atoms with E-state index < -0.39 is 10.2 Å². The van der Waals surface area contributed by atoms with Gasteiger partial charge in [0.05, 0.1) is 6.61 Å². The zero-order valence-corrected chi connectivity index (χ0v) is 13.8. The van der Waals surface area contributed by atoms with Crippen LogP contribution in [0.3, 0.4) is 0 Å². The lowest BCUT2D eigenvalue weighted by Crippen LogP contribution is -2.47. The first kappa shape index (κ1) is 16.2. The fourth-order valence-electron chi connectivity index (χ4n) is 3.54. The van der Waals surface area contributed by atoms with E-state index in [1.54, 1.807) is 25.5 Å². The SMILES string of the molecule is COC[C@H]1CC2(CCN(S(=O)(=O)N(C)C)CC2)CN1C. The first-order valence-corrected chi connectivity index (χ1v) is 8.57. The zero-order valence-electron chi connectivity index (χ0n) is 13.0. The van der Waals surface area contributed by atoms with Crippen LogP contribution in [0.5, 0.6) is 0 Å². The first-order chi connectivity index (χ1) is 9.31. The fraction of sp³-hybridized carbons (Fsp3) is 1.00. The highest BCUT2D eigenvalue weighted by Gasteiger charge is 2.45. The molecule has 118 valence electrons. The maximum atomic E-state index is 12.1. The van der Waals surface area contributed by atoms with Gasteiger partial charge in [0, 0.05) is 46.9 Å². The van der Waals surface area contributed by atoms with Crippen LogP contribution in [0.25, 0.3) is 0 Å². The molecule has 0 unspecified atom stereocenters. The molecule has 6 nitrogen and oxygen atoms in total. The molecule has 2 aliphatic heterocycles. The highest BCUT2D eigenvalue weighted by Crippen LogP contribution is 2.43. The van der Waals surface area contributed by atoms with Crippen molar-refractivity contribution in [2.24, 2.45) is 5.41 Å². The van der Waals surface area contributed by atoms with Crippen LogP contribution in [-0.4, -0.2) is 82.5 Å². The van der Waals surface area contributed by atoms with Crippen molar-refractivity contribution in [2.45, 2.75) is 25.3 Å². The molecule has 1 spiro atoms. The highest BCUT2D eigenvalue weighted by molar-refractivity contribution is 7.86. The number of hydrogen-bond acceptors (Lipinski definition) is 4. The van der Waals surface area contributed by atoms with Gasteiger partial charge in [-0.1, -0.05) is 0 Å². The lowest BCUT2D eigenvalue weighted by atomic mass is 9.77. The van der Waals surface area contributed by atoms with Crippen molar-refractivity contribution in [3.8, 4) is 0 Å². The molecule has 0 saturated carbocycles. The lowest BCUT2D eigenvalue weighted by molar-refractivity contribution is 0.129. The molecule has 0 radical (unpaired) electrons. The summed E-state index contributed by atoms with van der Waals surface area (Å²) in [5.74, 6) is 0. The molecule has 2 aliphatic rings. The molecular formula is C13H27N3O3S. The third-order valence-electron chi connectivity index (χ3n) is 4.81. The molecule has 0 amide bonds. The lowest BCUT2D eigenvalue weighted by Gasteiger charge is -2.39. The van der Waals surface area contributed by atoms with E-state index in [-0.39, 0.29) is 5.41 Å². The molecule has 7 heteroatoms. The van der Waals surface area contributed by atoms with Crippen molar-refractivity contribution in [2.75, 3.05) is 54.5 Å². The minimum atomic E-state index is -3.26. The molecular weight excluding hydrogens is 278 g/mol. The Kier molecular flexibility index (Phi) is 4.76. The van der Waals surface area contributed by atoms with Gasteiger partial charge in [-0.3, -0.25) is 0 Å². The van der Waals surface area contributed by atoms with Crippen LogP contribution in [0, 0.1) is 5.41 Å². The van der Waals surface area contributed by atoms with Gasteiger partial charge in [0.2, 0.25) is 0 Å². The average molecular weight is 305 g/mol. The topological polar surface area (TPSA) is 53.1 Å². The molecule has 0 aromatic rings. The molecule has 0 aromatic carbocycles. The van der Waals surface area contributed by atoms with E-state index in [2.05, 4.69) is 11.9 Å². The number of hydrogen-bond donors (Lipinski definition) is 0. The molecule has 0 aromatic heterocycles. The summed E-state index contributed by atoms with van der Waals surface area (Å²) in [7, 11) is 3.82. The van der Waals surface area contributed by atoms with Crippen LogP contribution < -0.4 is 0 Å². The normalized spacial score (nSPS) is 28.6. The number of likely N-dealkylation sites (tertiary alicyclic amines) is 1. The molecule has 0 bridgehead atoms. The predicted octanol–water partition coefficient (Wildman–Crippen LogP) is 0.226. The summed E-state index contributed by atoms with van der Waals surface area (Å²) in [4.78, 5) is 2.36. The Balaban J connectivity index is 1.98. The van der Waals surface area contributed by atoms with Crippen LogP contribution >= 0.6 is 0 Å². The standard InChI is InChI=1S/C13H27N3O3S/c1-14(2)20(17,18)16-7-5-13(6-8-16)9-12(10-19-4)15(3)11-13/h12H,5-11H2,1-4H3/t12-/m1/s1. The fourth-order valence-corrected chi connectivity index (χ4v) is 4.65. The van der Waals surface area contributed by atoms with Crippen molar-refractivity contribution in [1.29, 1.82) is 0 Å². The number of methoxy groups -OCH3 is 1. The van der Waals surface area contributed by atoms with Crippen LogP contribution in [0.15, 0.2) is 0 Å². The maximum Gasteiger partial charge on any atom is 0.281 e. The Hall–Kier alpha value is -0.210. The average Bonchev–Trinajstić information content (AvgIpc) is 2.66. The van der Waals surface area contributed by atoms with Crippen molar-refractivity contribution in [1.82, 2.24) is 13.5 Å². The van der Waals surface area contributed by atoms with E-state index >= 15 is 0 Å². The number of ether oxygens (including phenoxy) is 1. The first-order valence-electron chi connectivity index (χ1n) is 7.17. The monoisotopic (exact) mass is 305 g/mol. The van der Waals surface area contributed by atoms with Gasteiger partial charge in [0.25, 0.3) is 10.2 Å². The smallest absolute Gasteiger partial charge is 0.281 e. The minimum Gasteiger partial charge on any atom is -0.383 e. The van der Waals surface area contributed by atoms with Crippen LogP contribution in [0.4, 0.5) is 0 Å². The van der Waals surface area contributed by atoms with Crippen LogP contribution in [0.1, 0.15) is 19.3 Å². The van der Waals surface area contributed by atoms with Crippen molar-refractivity contribution in [3.63, 3.8) is 0 Å². The van der Waals surface area contributed by atoms with Crippen molar-refractivity contribution >= 4 is 10.2 Å². The van der Waals surface area contributed by atoms with E-state index in [0.29, 0.717) is 19.1 Å². The van der Waals surface area contributed by atoms with E-state index in [4.69, 9.17) is 4.74 Å². The Morgan fingerprint density at radius 3 is 2.40 bits per heavy atom. The minimum absolute atomic E-state index is 0.274. The van der Waals surface area contributed by atoms with Crippen LogP contribution in [0.2, 0.25) is 0 Å². The molecule has 2 fully saturated rings. The van der Waals surface area contributed by atoms with Gasteiger partial charge < -0.3 is 9.64 Å². The van der Waals surface area contributed by atoms with E-state index in [1.165, 1.54) is 4.31 Å². The second-order valence-corrected chi connectivity index (χ2v) is 8.56. The van der Waals surface area contributed by atoms with Gasteiger partial charge >= 0.3 is 0 Å².